The summed E-state index contributed by atoms with van der Waals surface area (Å²) in [6.07, 6.45) is 2.54. The number of Topliss-reactive ketones (excluding diaryl/α,β-unsaturated/α-hetero) is 1. The molecule has 0 amide bonds. The number of nitro groups is 1. The maximum absolute atomic E-state index is 12.2. The van der Waals surface area contributed by atoms with Gasteiger partial charge < -0.3 is 15.1 Å². The largest absolute Gasteiger partial charge is 0.504 e. The van der Waals surface area contributed by atoms with Crippen LogP contribution in [0.15, 0.2) is 12.1 Å². The molecular weight excluding hydrogens is 324 g/mol. The van der Waals surface area contributed by atoms with Crippen LogP contribution in [0, 0.1) is 16.0 Å². The number of phenols is 2. The van der Waals surface area contributed by atoms with Gasteiger partial charge in [0.2, 0.25) is 5.75 Å². The number of carbonyl (C=O) groups excluding carboxylic acids is 1. The van der Waals surface area contributed by atoms with Crippen molar-refractivity contribution in [1.82, 2.24) is 4.90 Å². The quantitative estimate of drug-likeness (QED) is 0.368. The molecular formula is C15H21ClN2O5. The molecule has 7 nitrogen and oxygen atoms in total. The van der Waals surface area contributed by atoms with Crippen molar-refractivity contribution < 1.29 is 19.9 Å². The molecule has 1 aliphatic rings. The first-order valence-corrected chi connectivity index (χ1v) is 7.34. The predicted octanol–water partition coefficient (Wildman–Crippen LogP) is 2.73. The Morgan fingerprint density at radius 3 is 2.74 bits per heavy atom. The van der Waals surface area contributed by atoms with Crippen LogP contribution in [0.1, 0.15) is 36.5 Å². The number of halogens is 1. The number of phenolic OH excluding ortho intramolecular Hbond substituents is 2. The molecule has 128 valence electrons. The standard InChI is InChI=1S/C15H20N2O5.ClH/c1-10-3-2-5-16(9-10)6-4-13(18)11-7-12(17(21)22)15(20)14(19)8-11;/h7-8,10,19-20H,2-6,9H2,1H3;1H. The third kappa shape index (κ3) is 4.80. The highest BCUT2D eigenvalue weighted by molar-refractivity contribution is 5.97. The van der Waals surface area contributed by atoms with Crippen LogP contribution in [0.5, 0.6) is 11.5 Å². The molecule has 1 aliphatic heterocycles. The lowest BCUT2D eigenvalue weighted by molar-refractivity contribution is -0.386. The SMILES string of the molecule is CC1CCCN(CCC(=O)c2cc(O)c(O)c([N+](=O)[O-])c2)C1.Cl. The van der Waals surface area contributed by atoms with Crippen molar-refractivity contribution >= 4 is 23.9 Å². The second-order valence-corrected chi connectivity index (χ2v) is 5.84. The first-order chi connectivity index (χ1) is 10.4. The summed E-state index contributed by atoms with van der Waals surface area (Å²) in [6.45, 7) is 4.68. The minimum atomic E-state index is -0.821. The Labute approximate surface area is 140 Å². The fourth-order valence-electron chi connectivity index (χ4n) is 2.80. The minimum Gasteiger partial charge on any atom is -0.504 e. The predicted molar refractivity (Wildman–Crippen MR) is 87.5 cm³/mol. The van der Waals surface area contributed by atoms with Crippen LogP contribution in [0.25, 0.3) is 0 Å². The normalized spacial score (nSPS) is 18.2. The van der Waals surface area contributed by atoms with Gasteiger partial charge in [-0.25, -0.2) is 0 Å². The summed E-state index contributed by atoms with van der Waals surface area (Å²) >= 11 is 0. The fraction of sp³-hybridized carbons (Fsp3) is 0.533. The third-order valence-electron chi connectivity index (χ3n) is 3.98. The van der Waals surface area contributed by atoms with Crippen molar-refractivity contribution in [1.29, 1.82) is 0 Å². The zero-order valence-corrected chi connectivity index (χ0v) is 13.7. The number of ketones is 1. The van der Waals surface area contributed by atoms with Crippen molar-refractivity contribution in [3.63, 3.8) is 0 Å². The summed E-state index contributed by atoms with van der Waals surface area (Å²) < 4.78 is 0. The second-order valence-electron chi connectivity index (χ2n) is 5.84. The highest BCUT2D eigenvalue weighted by Gasteiger charge is 2.22. The highest BCUT2D eigenvalue weighted by atomic mass is 35.5. The minimum absolute atomic E-state index is 0. The van der Waals surface area contributed by atoms with Gasteiger partial charge in [0.1, 0.15) is 0 Å². The number of piperidine rings is 1. The van der Waals surface area contributed by atoms with E-state index in [0.29, 0.717) is 12.5 Å². The molecule has 2 rings (SSSR count). The van der Waals surface area contributed by atoms with Gasteiger partial charge in [0.15, 0.2) is 11.5 Å². The Bertz CT molecular complexity index is 593. The van der Waals surface area contributed by atoms with Gasteiger partial charge in [-0.3, -0.25) is 14.9 Å². The Kier molecular flexibility index (Phi) is 6.78. The summed E-state index contributed by atoms with van der Waals surface area (Å²) in [4.78, 5) is 24.4. The van der Waals surface area contributed by atoms with Crippen molar-refractivity contribution in [2.75, 3.05) is 19.6 Å². The number of nitrogens with zero attached hydrogens (tertiary/aromatic N) is 2. The summed E-state index contributed by atoms with van der Waals surface area (Å²) in [5.74, 6) is -1.13. The van der Waals surface area contributed by atoms with E-state index >= 15 is 0 Å². The van der Waals surface area contributed by atoms with Crippen LogP contribution in [-0.2, 0) is 0 Å². The third-order valence-corrected chi connectivity index (χ3v) is 3.98. The molecule has 8 heteroatoms. The molecule has 1 aromatic rings. The molecule has 0 aliphatic carbocycles. The Morgan fingerprint density at radius 2 is 2.13 bits per heavy atom. The summed E-state index contributed by atoms with van der Waals surface area (Å²) in [6, 6.07) is 2.08. The van der Waals surface area contributed by atoms with Gasteiger partial charge in [-0.05, 0) is 31.4 Å². The second kappa shape index (κ2) is 8.12. The zero-order chi connectivity index (χ0) is 16.3. The van der Waals surface area contributed by atoms with Gasteiger partial charge in [-0.2, -0.15) is 0 Å². The van der Waals surface area contributed by atoms with E-state index in [9.17, 15) is 25.1 Å². The lowest BCUT2D eigenvalue weighted by atomic mass is 9.99. The van der Waals surface area contributed by atoms with Crippen LogP contribution >= 0.6 is 12.4 Å². The number of aromatic hydroxyl groups is 2. The number of likely N-dealkylation sites (tertiary alicyclic amines) is 1. The smallest absolute Gasteiger partial charge is 0.315 e. The molecule has 0 aromatic heterocycles. The molecule has 2 N–H and O–H groups in total. The average molecular weight is 345 g/mol. The van der Waals surface area contributed by atoms with Crippen molar-refractivity contribution in [2.45, 2.75) is 26.2 Å². The lowest BCUT2D eigenvalue weighted by Crippen LogP contribution is -2.35. The van der Waals surface area contributed by atoms with Crippen LogP contribution in [0.2, 0.25) is 0 Å². The van der Waals surface area contributed by atoms with E-state index in [1.807, 2.05) is 0 Å². The van der Waals surface area contributed by atoms with Gasteiger partial charge in [0.25, 0.3) is 0 Å². The van der Waals surface area contributed by atoms with E-state index in [2.05, 4.69) is 11.8 Å². The van der Waals surface area contributed by atoms with Crippen molar-refractivity contribution in [3.05, 3.63) is 27.8 Å². The maximum Gasteiger partial charge on any atom is 0.315 e. The number of rotatable bonds is 5. The molecule has 0 radical (unpaired) electrons. The Balaban J connectivity index is 0.00000264. The van der Waals surface area contributed by atoms with Crippen LogP contribution in [0.4, 0.5) is 5.69 Å². The molecule has 1 heterocycles. The van der Waals surface area contributed by atoms with E-state index in [1.165, 1.54) is 6.42 Å². The fourth-order valence-corrected chi connectivity index (χ4v) is 2.80. The number of hydrogen-bond donors (Lipinski definition) is 2. The molecule has 1 saturated heterocycles. The highest BCUT2D eigenvalue weighted by Crippen LogP contribution is 2.36. The van der Waals surface area contributed by atoms with Crippen LogP contribution in [0.3, 0.4) is 0 Å². The van der Waals surface area contributed by atoms with Gasteiger partial charge in [-0.1, -0.05) is 6.92 Å². The Morgan fingerprint density at radius 1 is 1.43 bits per heavy atom. The van der Waals surface area contributed by atoms with Gasteiger partial charge in [0.05, 0.1) is 4.92 Å². The zero-order valence-electron chi connectivity index (χ0n) is 12.9. The van der Waals surface area contributed by atoms with Gasteiger partial charge >= 0.3 is 5.69 Å². The van der Waals surface area contributed by atoms with Crippen molar-refractivity contribution in [2.24, 2.45) is 5.92 Å². The van der Waals surface area contributed by atoms with Gasteiger partial charge in [-0.15, -0.1) is 12.4 Å². The van der Waals surface area contributed by atoms with E-state index in [0.717, 1.165) is 31.6 Å². The van der Waals surface area contributed by atoms with E-state index in [4.69, 9.17) is 0 Å². The molecule has 0 spiro atoms. The number of carbonyl (C=O) groups is 1. The first kappa shape index (κ1) is 19.2. The molecule has 1 atom stereocenters. The summed E-state index contributed by atoms with van der Waals surface area (Å²) in [5, 5.41) is 29.7. The first-order valence-electron chi connectivity index (χ1n) is 7.34. The maximum atomic E-state index is 12.2. The molecule has 1 fully saturated rings. The molecule has 1 unspecified atom stereocenters. The van der Waals surface area contributed by atoms with Crippen molar-refractivity contribution in [3.8, 4) is 11.5 Å². The monoisotopic (exact) mass is 344 g/mol. The van der Waals surface area contributed by atoms with E-state index < -0.39 is 22.1 Å². The number of nitro benzene ring substituents is 1. The van der Waals surface area contributed by atoms with E-state index in [-0.39, 0.29) is 30.2 Å². The van der Waals surface area contributed by atoms with Crippen LogP contribution in [-0.4, -0.2) is 45.5 Å². The number of hydrogen-bond acceptors (Lipinski definition) is 6. The average Bonchev–Trinajstić information content (AvgIpc) is 2.47. The van der Waals surface area contributed by atoms with Gasteiger partial charge in [0, 0.05) is 31.1 Å². The van der Waals surface area contributed by atoms with Crippen LogP contribution < -0.4 is 0 Å². The molecule has 0 saturated carbocycles. The molecule has 23 heavy (non-hydrogen) atoms. The molecule has 0 bridgehead atoms. The molecule has 1 aromatic carbocycles. The topological polar surface area (TPSA) is 104 Å². The summed E-state index contributed by atoms with van der Waals surface area (Å²) in [7, 11) is 0. The van der Waals surface area contributed by atoms with E-state index in [1.54, 1.807) is 0 Å². The lowest BCUT2D eigenvalue weighted by Gasteiger charge is -2.30. The Hall–Kier alpha value is -1.86. The summed E-state index contributed by atoms with van der Waals surface area (Å²) in [5.41, 5.74) is -0.609. The number of benzene rings is 1.